The second-order valence-electron chi connectivity index (χ2n) is 10.3. The van der Waals surface area contributed by atoms with Gasteiger partial charge in [-0.1, -0.05) is 13.8 Å². The van der Waals surface area contributed by atoms with Gasteiger partial charge in [-0.3, -0.25) is 9.58 Å². The fourth-order valence-corrected chi connectivity index (χ4v) is 5.18. The maximum atomic E-state index is 12.6. The van der Waals surface area contributed by atoms with E-state index in [9.17, 15) is 10.1 Å². The number of aromatic amines is 1. The number of rotatable bonds is 6. The number of piperazine rings is 1. The maximum Gasteiger partial charge on any atom is 0.317 e. The first-order valence-electron chi connectivity index (χ1n) is 12.4. The van der Waals surface area contributed by atoms with Crippen LogP contribution in [0.4, 0.5) is 4.79 Å². The van der Waals surface area contributed by atoms with E-state index < -0.39 is 0 Å². The van der Waals surface area contributed by atoms with Gasteiger partial charge in [0.2, 0.25) is 0 Å². The molecule has 2 fully saturated rings. The normalized spacial score (nSPS) is 23.7. The van der Waals surface area contributed by atoms with Crippen LogP contribution in [0.3, 0.4) is 0 Å². The Morgan fingerprint density at radius 2 is 2.03 bits per heavy atom. The molecule has 184 valence electrons. The Labute approximate surface area is 205 Å². The summed E-state index contributed by atoms with van der Waals surface area (Å²) in [5.74, 6) is 0.412. The van der Waals surface area contributed by atoms with Crippen LogP contribution in [-0.4, -0.2) is 78.8 Å². The molecule has 2 amide bonds. The largest absolute Gasteiger partial charge is 0.346 e. The number of nitrogens with zero attached hydrogens (tertiary/aromatic N) is 7. The lowest BCUT2D eigenvalue weighted by molar-refractivity contribution is -0.0131. The molecule has 0 aromatic carbocycles. The van der Waals surface area contributed by atoms with Crippen LogP contribution in [0.1, 0.15) is 40.0 Å². The van der Waals surface area contributed by atoms with Crippen LogP contribution >= 0.6 is 0 Å². The summed E-state index contributed by atoms with van der Waals surface area (Å²) in [5, 5.41) is 18.3. The molecule has 35 heavy (non-hydrogen) atoms. The van der Waals surface area contributed by atoms with E-state index in [4.69, 9.17) is 0 Å². The van der Waals surface area contributed by atoms with Crippen molar-refractivity contribution in [3.05, 3.63) is 31.0 Å². The van der Waals surface area contributed by atoms with Gasteiger partial charge in [0, 0.05) is 61.6 Å². The second-order valence-corrected chi connectivity index (χ2v) is 10.3. The van der Waals surface area contributed by atoms with Gasteiger partial charge in [0.25, 0.3) is 0 Å². The summed E-state index contributed by atoms with van der Waals surface area (Å²) in [6.07, 6.45) is 9.43. The molecule has 0 bridgehead atoms. The molecule has 10 nitrogen and oxygen atoms in total. The van der Waals surface area contributed by atoms with E-state index in [0.717, 1.165) is 61.3 Å². The molecule has 4 heterocycles. The minimum atomic E-state index is -0.302. The Bertz CT molecular complexity index is 1230. The number of H-pyrrole nitrogens is 1. The van der Waals surface area contributed by atoms with E-state index >= 15 is 0 Å². The van der Waals surface area contributed by atoms with Crippen LogP contribution in [0.25, 0.3) is 22.3 Å². The number of nitriles is 1. The van der Waals surface area contributed by atoms with E-state index in [0.29, 0.717) is 18.4 Å². The van der Waals surface area contributed by atoms with Crippen LogP contribution in [0.15, 0.2) is 31.0 Å². The lowest BCUT2D eigenvalue weighted by atomic mass is 9.70. The number of carbonyl (C=O) groups excluding carboxylic acids is 1. The van der Waals surface area contributed by atoms with Crippen molar-refractivity contribution >= 4 is 17.1 Å². The van der Waals surface area contributed by atoms with E-state index in [1.54, 1.807) is 6.33 Å². The zero-order chi connectivity index (χ0) is 24.6. The molecule has 1 aliphatic carbocycles. The van der Waals surface area contributed by atoms with Crippen molar-refractivity contribution in [1.29, 1.82) is 5.26 Å². The molecule has 1 aliphatic heterocycles. The van der Waals surface area contributed by atoms with Crippen molar-refractivity contribution in [1.82, 2.24) is 39.8 Å². The topological polar surface area (TPSA) is 119 Å². The summed E-state index contributed by atoms with van der Waals surface area (Å²) in [7, 11) is 0. The first-order chi connectivity index (χ1) is 16.9. The Morgan fingerprint density at radius 1 is 1.26 bits per heavy atom. The molecular formula is C25H33N9O. The number of carbonyl (C=O) groups is 1. The summed E-state index contributed by atoms with van der Waals surface area (Å²) >= 11 is 0. The number of nitrogens with one attached hydrogen (secondary N) is 2. The van der Waals surface area contributed by atoms with Gasteiger partial charge in [0.15, 0.2) is 0 Å². The van der Waals surface area contributed by atoms with Gasteiger partial charge in [-0.25, -0.2) is 14.8 Å². The van der Waals surface area contributed by atoms with Crippen LogP contribution in [0.2, 0.25) is 0 Å². The zero-order valence-corrected chi connectivity index (χ0v) is 20.6. The molecule has 0 unspecified atom stereocenters. The van der Waals surface area contributed by atoms with Crippen LogP contribution in [0.5, 0.6) is 0 Å². The minimum absolute atomic E-state index is 0.0311. The molecule has 2 aliphatic rings. The molecule has 0 radical (unpaired) electrons. The second kappa shape index (κ2) is 9.30. The number of urea groups is 1. The molecule has 10 heteroatoms. The molecule has 3 aromatic rings. The van der Waals surface area contributed by atoms with Crippen molar-refractivity contribution in [3.63, 3.8) is 0 Å². The molecule has 1 saturated carbocycles. The van der Waals surface area contributed by atoms with Crippen molar-refractivity contribution in [3.8, 4) is 17.3 Å². The summed E-state index contributed by atoms with van der Waals surface area (Å²) in [6.45, 7) is 9.44. The number of amides is 2. The molecule has 2 N–H and O–H groups in total. The molecule has 1 saturated heterocycles. The lowest BCUT2D eigenvalue weighted by Gasteiger charge is -2.52. The summed E-state index contributed by atoms with van der Waals surface area (Å²) < 4.78 is 1.97. The number of hydrogen-bond acceptors (Lipinski definition) is 6. The summed E-state index contributed by atoms with van der Waals surface area (Å²) in [5.41, 5.74) is 2.26. The third kappa shape index (κ3) is 4.36. The first-order valence-corrected chi connectivity index (χ1v) is 12.4. The highest BCUT2D eigenvalue weighted by Crippen LogP contribution is 2.45. The Morgan fingerprint density at radius 3 is 2.74 bits per heavy atom. The molecule has 1 atom stereocenters. The monoisotopic (exact) mass is 475 g/mol. The Kier molecular flexibility index (Phi) is 6.19. The van der Waals surface area contributed by atoms with Crippen molar-refractivity contribution < 1.29 is 4.79 Å². The Balaban J connectivity index is 1.23. The van der Waals surface area contributed by atoms with Gasteiger partial charge >= 0.3 is 6.03 Å². The fraction of sp³-hybridized carbons (Fsp3) is 0.560. The lowest BCUT2D eigenvalue weighted by Crippen LogP contribution is -2.61. The fourth-order valence-electron chi connectivity index (χ4n) is 5.18. The van der Waals surface area contributed by atoms with Gasteiger partial charge in [-0.05, 0) is 31.7 Å². The number of hydrogen-bond donors (Lipinski definition) is 2. The van der Waals surface area contributed by atoms with E-state index in [1.165, 1.54) is 0 Å². The quantitative estimate of drug-likeness (QED) is 0.566. The molecule has 0 spiro atoms. The van der Waals surface area contributed by atoms with E-state index in [2.05, 4.69) is 50.2 Å². The summed E-state index contributed by atoms with van der Waals surface area (Å²) in [6, 6.07) is 4.94. The SMILES string of the molecule is CC(C)[C@@H](C)NC(=O)N1CCN([C@H]2C[C@@](CC#N)(n3cc(-c4ncnc5[nH]ccc45)cn3)C2)CC1. The van der Waals surface area contributed by atoms with Gasteiger partial charge in [-0.2, -0.15) is 10.4 Å². The molecule has 3 aromatic heterocycles. The third-order valence-electron chi connectivity index (χ3n) is 7.80. The van der Waals surface area contributed by atoms with Crippen molar-refractivity contribution in [2.75, 3.05) is 26.2 Å². The highest BCUT2D eigenvalue weighted by molar-refractivity contribution is 5.90. The molecular weight excluding hydrogens is 442 g/mol. The van der Waals surface area contributed by atoms with E-state index in [1.807, 2.05) is 41.2 Å². The number of aromatic nitrogens is 5. The Hall–Kier alpha value is -3.45. The zero-order valence-electron chi connectivity index (χ0n) is 20.6. The maximum absolute atomic E-state index is 12.6. The third-order valence-corrected chi connectivity index (χ3v) is 7.80. The summed E-state index contributed by atoms with van der Waals surface area (Å²) in [4.78, 5) is 28.8. The average Bonchev–Trinajstić information content (AvgIpc) is 3.51. The average molecular weight is 476 g/mol. The van der Waals surface area contributed by atoms with Gasteiger partial charge < -0.3 is 15.2 Å². The standard InChI is InChI=1S/C25H33N9O/c1-17(2)18(3)31-24(35)33-10-8-32(9-11-33)20-12-25(13-20,5-6-26)34-15-19(14-30-34)22-21-4-7-27-23(21)29-16-28-22/h4,7,14-18,20H,5,8-13H2,1-3H3,(H,31,35)(H,27,28,29)/t18-,20-,25+/m1/s1. The van der Waals surface area contributed by atoms with Crippen LogP contribution in [-0.2, 0) is 5.54 Å². The number of fused-ring (bicyclic) bond motifs is 1. The molecule has 5 rings (SSSR count). The van der Waals surface area contributed by atoms with Gasteiger partial charge in [0.1, 0.15) is 12.0 Å². The minimum Gasteiger partial charge on any atom is -0.346 e. The first kappa shape index (κ1) is 23.3. The van der Waals surface area contributed by atoms with Crippen LogP contribution in [0, 0.1) is 17.2 Å². The highest BCUT2D eigenvalue weighted by atomic mass is 16.2. The van der Waals surface area contributed by atoms with E-state index in [-0.39, 0.29) is 17.6 Å². The highest BCUT2D eigenvalue weighted by Gasteiger charge is 2.49. The van der Waals surface area contributed by atoms with Crippen molar-refractivity contribution in [2.24, 2.45) is 5.92 Å². The predicted octanol–water partition coefficient (Wildman–Crippen LogP) is 2.96. The van der Waals surface area contributed by atoms with Gasteiger partial charge in [-0.15, -0.1) is 0 Å². The smallest absolute Gasteiger partial charge is 0.317 e. The van der Waals surface area contributed by atoms with Crippen molar-refractivity contribution in [2.45, 2.75) is 57.7 Å². The van der Waals surface area contributed by atoms with Crippen LogP contribution < -0.4 is 5.32 Å². The predicted molar refractivity (Wildman–Crippen MR) is 132 cm³/mol. The van der Waals surface area contributed by atoms with Gasteiger partial charge in [0.05, 0.1) is 29.9 Å².